The third-order valence-corrected chi connectivity index (χ3v) is 1.65. The number of hydrogen-bond acceptors (Lipinski definition) is 2. The van der Waals surface area contributed by atoms with Crippen molar-refractivity contribution < 1.29 is 4.79 Å². The van der Waals surface area contributed by atoms with Crippen molar-refractivity contribution in [1.29, 1.82) is 0 Å². The zero-order valence-corrected chi connectivity index (χ0v) is 7.03. The van der Waals surface area contributed by atoms with E-state index in [2.05, 4.69) is 0 Å². The number of likely N-dealkylation sites (N-methyl/N-ethyl adjacent to an activating group) is 1. The number of rotatable bonds is 3. The molecule has 0 aliphatic rings. The van der Waals surface area contributed by atoms with Gasteiger partial charge in [-0.25, -0.2) is 4.79 Å². The lowest BCUT2D eigenvalue weighted by Crippen LogP contribution is -2.16. The monoisotopic (exact) mass is 161 g/mol. The van der Waals surface area contributed by atoms with Gasteiger partial charge in [-0.15, -0.1) is 0 Å². The second kappa shape index (κ2) is 4.37. The van der Waals surface area contributed by atoms with Crippen LogP contribution in [-0.4, -0.2) is 19.5 Å². The number of hydrogen-bond donors (Lipinski definition) is 0. The maximum absolute atomic E-state index is 9.93. The third kappa shape index (κ3) is 2.26. The first-order valence-corrected chi connectivity index (χ1v) is 3.80. The summed E-state index contributed by atoms with van der Waals surface area (Å²) in [6, 6.07) is 9.90. The zero-order chi connectivity index (χ0) is 8.81. The molecule has 1 aromatic carbocycles. The van der Waals surface area contributed by atoms with Crippen molar-refractivity contribution in [3.8, 4) is 0 Å². The lowest BCUT2D eigenvalue weighted by Gasteiger charge is -2.15. The summed E-state index contributed by atoms with van der Waals surface area (Å²) in [5, 5.41) is 0. The van der Waals surface area contributed by atoms with E-state index in [0.29, 0.717) is 6.54 Å². The fraction of sp³-hybridized carbons (Fsp3) is 0.200. The standard InChI is InChI=1S/C10H11NO/c1-11(8-5-9-12)10-6-3-2-4-7-10/h2-7H,8H2,1H3. The smallest absolute Gasteiger partial charge is 0.121 e. The Morgan fingerprint density at radius 3 is 2.67 bits per heavy atom. The molecule has 0 saturated carbocycles. The Hall–Kier alpha value is -1.53. The van der Waals surface area contributed by atoms with Crippen molar-refractivity contribution in [2.24, 2.45) is 0 Å². The van der Waals surface area contributed by atoms with Gasteiger partial charge in [-0.1, -0.05) is 18.2 Å². The zero-order valence-electron chi connectivity index (χ0n) is 7.03. The van der Waals surface area contributed by atoms with Gasteiger partial charge in [0.2, 0.25) is 0 Å². The first kappa shape index (κ1) is 8.57. The summed E-state index contributed by atoms with van der Waals surface area (Å²) in [5.74, 6) is 1.75. The summed E-state index contributed by atoms with van der Waals surface area (Å²) in [7, 11) is 1.93. The molecule has 0 fully saturated rings. The van der Waals surface area contributed by atoms with E-state index in [9.17, 15) is 4.79 Å². The van der Waals surface area contributed by atoms with E-state index in [-0.39, 0.29) is 0 Å². The van der Waals surface area contributed by atoms with Crippen LogP contribution in [0.15, 0.2) is 36.4 Å². The molecule has 0 aliphatic heterocycles. The van der Waals surface area contributed by atoms with Crippen molar-refractivity contribution >= 4 is 11.6 Å². The lowest BCUT2D eigenvalue weighted by atomic mass is 10.3. The van der Waals surface area contributed by atoms with Gasteiger partial charge >= 0.3 is 0 Å². The molecule has 0 amide bonds. The molecule has 0 atom stereocenters. The Balaban J connectivity index is 2.65. The van der Waals surface area contributed by atoms with E-state index in [1.165, 1.54) is 6.08 Å². The maximum Gasteiger partial charge on any atom is 0.121 e. The molecular formula is C10H11NO. The molecule has 1 rings (SSSR count). The largest absolute Gasteiger partial charge is 0.370 e. The quantitative estimate of drug-likeness (QED) is 0.626. The molecule has 0 heterocycles. The van der Waals surface area contributed by atoms with Crippen molar-refractivity contribution in [1.82, 2.24) is 0 Å². The summed E-state index contributed by atoms with van der Waals surface area (Å²) >= 11 is 0. The number of para-hydroxylation sites is 1. The van der Waals surface area contributed by atoms with Gasteiger partial charge in [0, 0.05) is 25.4 Å². The average molecular weight is 161 g/mol. The Bertz CT molecular complexity index is 275. The van der Waals surface area contributed by atoms with Gasteiger partial charge < -0.3 is 4.90 Å². The Labute approximate surface area is 72.1 Å². The van der Waals surface area contributed by atoms with Gasteiger partial charge in [0.15, 0.2) is 0 Å². The van der Waals surface area contributed by atoms with Gasteiger partial charge in [-0.2, -0.15) is 0 Å². The van der Waals surface area contributed by atoms with Crippen molar-refractivity contribution in [3.63, 3.8) is 0 Å². The van der Waals surface area contributed by atoms with Crippen LogP contribution in [0, 0.1) is 0 Å². The first-order chi connectivity index (χ1) is 5.84. The van der Waals surface area contributed by atoms with E-state index in [0.717, 1.165) is 5.69 Å². The molecule has 0 bridgehead atoms. The van der Waals surface area contributed by atoms with Gasteiger partial charge in [-0.3, -0.25) is 0 Å². The van der Waals surface area contributed by atoms with Crippen molar-refractivity contribution in [3.05, 3.63) is 36.4 Å². The molecule has 0 spiro atoms. The summed E-state index contributed by atoms with van der Waals surface area (Å²) in [6.07, 6.45) is 1.47. The lowest BCUT2D eigenvalue weighted by molar-refractivity contribution is 0.568. The van der Waals surface area contributed by atoms with Crippen LogP contribution in [0.1, 0.15) is 0 Å². The minimum absolute atomic E-state index is 0.605. The number of nitrogens with zero attached hydrogens (tertiary/aromatic N) is 1. The second-order valence-corrected chi connectivity index (χ2v) is 2.54. The van der Waals surface area contributed by atoms with Crippen LogP contribution in [0.25, 0.3) is 0 Å². The van der Waals surface area contributed by atoms with E-state index in [4.69, 9.17) is 0 Å². The first-order valence-electron chi connectivity index (χ1n) is 3.80. The molecule has 0 N–H and O–H groups in total. The van der Waals surface area contributed by atoms with Gasteiger partial charge in [0.25, 0.3) is 0 Å². The predicted molar refractivity (Wildman–Crippen MR) is 50.0 cm³/mol. The molecule has 2 nitrogen and oxygen atoms in total. The van der Waals surface area contributed by atoms with Crippen molar-refractivity contribution in [2.75, 3.05) is 18.5 Å². The van der Waals surface area contributed by atoms with E-state index in [1.807, 2.05) is 42.3 Å². The van der Waals surface area contributed by atoms with E-state index >= 15 is 0 Å². The summed E-state index contributed by atoms with van der Waals surface area (Å²) in [4.78, 5) is 11.9. The number of benzene rings is 1. The maximum atomic E-state index is 9.93. The Kier molecular flexibility index (Phi) is 3.12. The van der Waals surface area contributed by atoms with Crippen molar-refractivity contribution in [2.45, 2.75) is 0 Å². The highest BCUT2D eigenvalue weighted by Gasteiger charge is 1.94. The summed E-state index contributed by atoms with van der Waals surface area (Å²) in [6.45, 7) is 0.605. The topological polar surface area (TPSA) is 20.3 Å². The Morgan fingerprint density at radius 1 is 1.42 bits per heavy atom. The van der Waals surface area contributed by atoms with Crippen LogP contribution in [0.2, 0.25) is 0 Å². The molecule has 2 heteroatoms. The molecular weight excluding hydrogens is 150 g/mol. The predicted octanol–water partition coefficient (Wildman–Crippen LogP) is 1.51. The van der Waals surface area contributed by atoms with Crippen LogP contribution < -0.4 is 4.90 Å². The molecule has 0 unspecified atom stereocenters. The summed E-state index contributed by atoms with van der Waals surface area (Å²) < 4.78 is 0. The van der Waals surface area contributed by atoms with Crippen LogP contribution in [0.5, 0.6) is 0 Å². The molecule has 0 aliphatic carbocycles. The highest BCUT2D eigenvalue weighted by atomic mass is 16.1. The van der Waals surface area contributed by atoms with E-state index in [1.54, 1.807) is 5.94 Å². The highest BCUT2D eigenvalue weighted by Crippen LogP contribution is 2.09. The average Bonchev–Trinajstić information content (AvgIpc) is 2.15. The van der Waals surface area contributed by atoms with E-state index < -0.39 is 0 Å². The molecule has 0 aromatic heterocycles. The number of carbonyl (C=O) groups excluding carboxylic acids is 1. The fourth-order valence-corrected chi connectivity index (χ4v) is 0.962. The highest BCUT2D eigenvalue weighted by molar-refractivity contribution is 5.50. The van der Waals surface area contributed by atoms with Crippen LogP contribution in [-0.2, 0) is 4.79 Å². The van der Waals surface area contributed by atoms with Crippen LogP contribution in [0.4, 0.5) is 5.69 Å². The fourth-order valence-electron chi connectivity index (χ4n) is 0.962. The second-order valence-electron chi connectivity index (χ2n) is 2.54. The molecule has 0 saturated heterocycles. The van der Waals surface area contributed by atoms with Gasteiger partial charge in [-0.05, 0) is 12.1 Å². The molecule has 1 aromatic rings. The van der Waals surface area contributed by atoms with Crippen LogP contribution >= 0.6 is 0 Å². The SMILES string of the molecule is CN(CC=C=O)c1ccccc1. The molecule has 0 radical (unpaired) electrons. The number of anilines is 1. The Morgan fingerprint density at radius 2 is 2.08 bits per heavy atom. The summed E-state index contributed by atoms with van der Waals surface area (Å²) in [5.41, 5.74) is 1.10. The van der Waals surface area contributed by atoms with Gasteiger partial charge in [0.1, 0.15) is 5.94 Å². The normalized spacial score (nSPS) is 8.75. The third-order valence-electron chi connectivity index (χ3n) is 1.65. The minimum atomic E-state index is 0.605. The molecule has 12 heavy (non-hydrogen) atoms. The van der Waals surface area contributed by atoms with Gasteiger partial charge in [0.05, 0.1) is 0 Å². The molecule has 62 valence electrons. The van der Waals surface area contributed by atoms with Crippen LogP contribution in [0.3, 0.4) is 0 Å². The minimum Gasteiger partial charge on any atom is -0.370 e.